The number of fused-ring (bicyclic) bond motifs is 1. The molecule has 9 heteroatoms. The zero-order chi connectivity index (χ0) is 14.9. The molecule has 0 amide bonds. The largest absolute Gasteiger partial charge is 0.376 e. The molecular weight excluding hydrogens is 334 g/mol. The Labute approximate surface area is 131 Å². The first-order valence-corrected chi connectivity index (χ1v) is 9.10. The van der Waals surface area contributed by atoms with Gasteiger partial charge >= 0.3 is 0 Å². The minimum Gasteiger partial charge on any atom is -0.376 e. The normalized spacial score (nSPS) is 15.1. The van der Waals surface area contributed by atoms with E-state index in [2.05, 4.69) is 9.82 Å². The van der Waals surface area contributed by atoms with Gasteiger partial charge in [-0.2, -0.15) is 5.10 Å². The first kappa shape index (κ1) is 15.0. The Morgan fingerprint density at radius 1 is 1.48 bits per heavy atom. The summed E-state index contributed by atoms with van der Waals surface area (Å²) in [5.41, 5.74) is 2.20. The lowest BCUT2D eigenvalue weighted by Gasteiger charge is -2.14. The summed E-state index contributed by atoms with van der Waals surface area (Å²) in [6.07, 6.45) is 2.59. The number of halogens is 1. The van der Waals surface area contributed by atoms with E-state index in [0.717, 1.165) is 29.0 Å². The molecule has 0 fully saturated rings. The van der Waals surface area contributed by atoms with Gasteiger partial charge in [-0.3, -0.25) is 4.68 Å². The topological polar surface area (TPSA) is 73.2 Å². The zero-order valence-corrected chi connectivity index (χ0v) is 13.5. The predicted molar refractivity (Wildman–Crippen MR) is 80.1 cm³/mol. The molecule has 2 aromatic heterocycles. The van der Waals surface area contributed by atoms with Crippen LogP contribution in [0.3, 0.4) is 0 Å². The Bertz CT molecular complexity index is 739. The number of ether oxygens (including phenoxy) is 1. The molecule has 21 heavy (non-hydrogen) atoms. The number of nitrogens with zero attached hydrogens (tertiary/aromatic N) is 2. The van der Waals surface area contributed by atoms with Gasteiger partial charge in [0.15, 0.2) is 0 Å². The van der Waals surface area contributed by atoms with Crippen molar-refractivity contribution >= 4 is 33.0 Å². The molecule has 0 aromatic carbocycles. The zero-order valence-electron chi connectivity index (χ0n) is 11.1. The summed E-state index contributed by atoms with van der Waals surface area (Å²) >= 11 is 6.80. The second-order valence-corrected chi connectivity index (χ2v) is 8.31. The summed E-state index contributed by atoms with van der Waals surface area (Å²) in [7, 11) is -3.50. The molecule has 0 atom stereocenters. The third kappa shape index (κ3) is 3.29. The van der Waals surface area contributed by atoms with E-state index in [9.17, 15) is 8.42 Å². The molecule has 0 spiro atoms. The first-order chi connectivity index (χ1) is 10.1. The third-order valence-corrected chi connectivity index (χ3v) is 6.39. The lowest BCUT2D eigenvalue weighted by atomic mass is 10.2. The van der Waals surface area contributed by atoms with Crippen LogP contribution in [0.4, 0.5) is 0 Å². The van der Waals surface area contributed by atoms with Crippen LogP contribution in [0.1, 0.15) is 11.3 Å². The summed E-state index contributed by atoms with van der Waals surface area (Å²) in [6, 6.07) is 3.08. The smallest absolute Gasteiger partial charge is 0.250 e. The average Bonchev–Trinajstić information content (AvgIpc) is 3.06. The molecule has 0 aliphatic carbocycles. The fourth-order valence-corrected chi connectivity index (χ4v) is 4.75. The Morgan fingerprint density at radius 3 is 3.10 bits per heavy atom. The van der Waals surface area contributed by atoms with Crippen molar-refractivity contribution in [3.8, 4) is 0 Å². The number of hydrogen-bond acceptors (Lipinski definition) is 5. The fourth-order valence-electron chi connectivity index (χ4n) is 2.20. The molecule has 2 aromatic rings. The van der Waals surface area contributed by atoms with Crippen LogP contribution in [0.5, 0.6) is 0 Å². The van der Waals surface area contributed by atoms with Gasteiger partial charge < -0.3 is 4.74 Å². The van der Waals surface area contributed by atoms with Crippen molar-refractivity contribution in [2.45, 2.75) is 23.8 Å². The molecular formula is C12H14ClN3O3S2. The second-order valence-electron chi connectivity index (χ2n) is 4.60. The lowest BCUT2D eigenvalue weighted by Crippen LogP contribution is -2.28. The minimum atomic E-state index is -3.50. The standard InChI is InChI=1S/C12H14ClN3O3S2/c13-11-1-2-12(20-11)21(17,18)15-4-5-16-10-3-6-19-8-9(10)7-14-16/h1-2,7,15H,3-6,8H2. The van der Waals surface area contributed by atoms with Crippen molar-refractivity contribution < 1.29 is 13.2 Å². The van der Waals surface area contributed by atoms with Crippen LogP contribution in [-0.4, -0.2) is 31.3 Å². The minimum absolute atomic E-state index is 0.225. The molecule has 0 unspecified atom stereocenters. The molecule has 0 saturated heterocycles. The van der Waals surface area contributed by atoms with Gasteiger partial charge in [0.1, 0.15) is 4.21 Å². The fraction of sp³-hybridized carbons (Fsp3) is 0.417. The van der Waals surface area contributed by atoms with Gasteiger partial charge in [-0.25, -0.2) is 13.1 Å². The molecule has 1 aliphatic heterocycles. The van der Waals surface area contributed by atoms with Crippen molar-refractivity contribution in [3.05, 3.63) is 33.9 Å². The van der Waals surface area contributed by atoms with E-state index in [4.69, 9.17) is 16.3 Å². The summed E-state index contributed by atoms with van der Waals surface area (Å²) in [5, 5.41) is 4.28. The molecule has 0 saturated carbocycles. The molecule has 0 bridgehead atoms. The lowest BCUT2D eigenvalue weighted by molar-refractivity contribution is 0.109. The van der Waals surface area contributed by atoms with Gasteiger partial charge in [0, 0.05) is 24.2 Å². The molecule has 1 aliphatic rings. The number of rotatable bonds is 5. The van der Waals surface area contributed by atoms with E-state index < -0.39 is 10.0 Å². The van der Waals surface area contributed by atoms with Crippen LogP contribution in [0.2, 0.25) is 4.34 Å². The van der Waals surface area contributed by atoms with E-state index in [1.807, 2.05) is 4.68 Å². The van der Waals surface area contributed by atoms with E-state index in [-0.39, 0.29) is 10.8 Å². The molecule has 1 N–H and O–H groups in total. The Kier molecular flexibility index (Phi) is 4.32. The Morgan fingerprint density at radius 2 is 2.33 bits per heavy atom. The van der Waals surface area contributed by atoms with Crippen molar-refractivity contribution in [2.24, 2.45) is 0 Å². The van der Waals surface area contributed by atoms with Crippen LogP contribution in [-0.2, 0) is 34.3 Å². The van der Waals surface area contributed by atoms with E-state index in [0.29, 0.717) is 24.1 Å². The SMILES string of the molecule is O=S(=O)(NCCn1ncc2c1CCOC2)c1ccc(Cl)s1. The van der Waals surface area contributed by atoms with Gasteiger partial charge in [0.2, 0.25) is 10.0 Å². The van der Waals surface area contributed by atoms with Gasteiger partial charge in [-0.15, -0.1) is 11.3 Å². The molecule has 6 nitrogen and oxygen atoms in total. The number of aromatic nitrogens is 2. The predicted octanol–water partition coefficient (Wildman–Crippen LogP) is 1.65. The Balaban J connectivity index is 1.62. The number of sulfonamides is 1. The van der Waals surface area contributed by atoms with Gasteiger partial charge in [-0.05, 0) is 12.1 Å². The van der Waals surface area contributed by atoms with Gasteiger partial charge in [-0.1, -0.05) is 11.6 Å². The highest BCUT2D eigenvalue weighted by molar-refractivity contribution is 7.91. The van der Waals surface area contributed by atoms with Crippen molar-refractivity contribution in [2.75, 3.05) is 13.2 Å². The Hall–Kier alpha value is -0.930. The van der Waals surface area contributed by atoms with E-state index in [1.54, 1.807) is 12.3 Å². The highest BCUT2D eigenvalue weighted by Crippen LogP contribution is 2.25. The van der Waals surface area contributed by atoms with Crippen LogP contribution < -0.4 is 4.72 Å². The number of hydrogen-bond donors (Lipinski definition) is 1. The highest BCUT2D eigenvalue weighted by Gasteiger charge is 2.18. The van der Waals surface area contributed by atoms with Gasteiger partial charge in [0.25, 0.3) is 0 Å². The molecule has 0 radical (unpaired) electrons. The van der Waals surface area contributed by atoms with E-state index in [1.165, 1.54) is 6.07 Å². The van der Waals surface area contributed by atoms with Crippen LogP contribution in [0.15, 0.2) is 22.5 Å². The summed E-state index contributed by atoms with van der Waals surface area (Å²) in [5.74, 6) is 0. The summed E-state index contributed by atoms with van der Waals surface area (Å²) < 4.78 is 34.5. The summed E-state index contributed by atoms with van der Waals surface area (Å²) in [4.78, 5) is 0. The quantitative estimate of drug-likeness (QED) is 0.892. The third-order valence-electron chi connectivity index (χ3n) is 3.21. The van der Waals surface area contributed by atoms with Crippen molar-refractivity contribution in [1.82, 2.24) is 14.5 Å². The maximum atomic E-state index is 12.1. The van der Waals surface area contributed by atoms with E-state index >= 15 is 0 Å². The van der Waals surface area contributed by atoms with Gasteiger partial charge in [0.05, 0.1) is 30.3 Å². The van der Waals surface area contributed by atoms with Crippen LogP contribution in [0, 0.1) is 0 Å². The van der Waals surface area contributed by atoms with Crippen LogP contribution in [0.25, 0.3) is 0 Å². The number of thiophene rings is 1. The first-order valence-electron chi connectivity index (χ1n) is 6.42. The maximum absolute atomic E-state index is 12.1. The summed E-state index contributed by atoms with van der Waals surface area (Å²) in [6.45, 7) is 2.04. The molecule has 3 heterocycles. The monoisotopic (exact) mass is 347 g/mol. The number of nitrogens with one attached hydrogen (secondary N) is 1. The van der Waals surface area contributed by atoms with Crippen molar-refractivity contribution in [3.63, 3.8) is 0 Å². The average molecular weight is 348 g/mol. The van der Waals surface area contributed by atoms with Crippen molar-refractivity contribution in [1.29, 1.82) is 0 Å². The highest BCUT2D eigenvalue weighted by atomic mass is 35.5. The molecule has 114 valence electrons. The second kappa shape index (κ2) is 6.05. The van der Waals surface area contributed by atoms with Crippen LogP contribution >= 0.6 is 22.9 Å². The molecule has 3 rings (SSSR count). The maximum Gasteiger partial charge on any atom is 0.250 e.